The van der Waals surface area contributed by atoms with Gasteiger partial charge in [0.15, 0.2) is 8.32 Å². The largest absolute Gasteiger partial charge is 0.466 e. The van der Waals surface area contributed by atoms with Crippen LogP contribution in [0.1, 0.15) is 52.2 Å². The molecular weight excluding hydrogens is 316 g/mol. The second-order valence-corrected chi connectivity index (χ2v) is 10.9. The van der Waals surface area contributed by atoms with Gasteiger partial charge in [0.05, 0.1) is 13.2 Å². The minimum Gasteiger partial charge on any atom is -0.466 e. The van der Waals surface area contributed by atoms with Gasteiger partial charge in [-0.3, -0.25) is 0 Å². The number of rotatable bonds is 10. The van der Waals surface area contributed by atoms with Crippen LogP contribution >= 0.6 is 0 Å². The number of hydrogen-bond donors (Lipinski definition) is 0. The van der Waals surface area contributed by atoms with E-state index in [1.54, 1.807) is 6.08 Å². The van der Waals surface area contributed by atoms with E-state index in [1.165, 1.54) is 7.11 Å². The number of hydrogen-bond acceptors (Lipinski definition) is 3. The first-order valence-electron chi connectivity index (χ1n) is 9.06. The van der Waals surface area contributed by atoms with Crippen LogP contribution in [0.3, 0.4) is 0 Å². The summed E-state index contributed by atoms with van der Waals surface area (Å²) in [5.74, 6) is -0.306. The van der Waals surface area contributed by atoms with Crippen LogP contribution in [0.5, 0.6) is 0 Å². The van der Waals surface area contributed by atoms with Crippen LogP contribution in [-0.2, 0) is 14.0 Å². The van der Waals surface area contributed by atoms with Crippen LogP contribution in [-0.4, -0.2) is 21.4 Å². The van der Waals surface area contributed by atoms with Crippen LogP contribution in [0.4, 0.5) is 0 Å². The van der Waals surface area contributed by atoms with Gasteiger partial charge in [0.1, 0.15) is 0 Å². The highest BCUT2D eigenvalue weighted by molar-refractivity contribution is 6.73. The SMILES string of the molecule is CCC/C(=C\C(=O)OC)C(O[Si](CC)(CC)CC)c1ccccc1. The van der Waals surface area contributed by atoms with E-state index in [-0.39, 0.29) is 12.1 Å². The van der Waals surface area contributed by atoms with Gasteiger partial charge >= 0.3 is 5.97 Å². The summed E-state index contributed by atoms with van der Waals surface area (Å²) < 4.78 is 11.7. The van der Waals surface area contributed by atoms with Crippen molar-refractivity contribution in [3.8, 4) is 0 Å². The summed E-state index contributed by atoms with van der Waals surface area (Å²) in [4.78, 5) is 11.9. The van der Waals surface area contributed by atoms with Crippen LogP contribution in [0.2, 0.25) is 18.1 Å². The Kier molecular flexibility index (Phi) is 9.01. The van der Waals surface area contributed by atoms with Gasteiger partial charge in [0.2, 0.25) is 0 Å². The zero-order valence-electron chi connectivity index (χ0n) is 15.8. The van der Waals surface area contributed by atoms with E-state index in [9.17, 15) is 4.79 Å². The Balaban J connectivity index is 3.31. The molecule has 4 heteroatoms. The van der Waals surface area contributed by atoms with Gasteiger partial charge in [-0.25, -0.2) is 4.79 Å². The molecule has 0 heterocycles. The Morgan fingerprint density at radius 3 is 2.12 bits per heavy atom. The summed E-state index contributed by atoms with van der Waals surface area (Å²) in [5, 5.41) is 0. The first kappa shape index (κ1) is 20.7. The fraction of sp³-hybridized carbons (Fsp3) is 0.550. The van der Waals surface area contributed by atoms with Gasteiger partial charge in [0.25, 0.3) is 0 Å². The maximum Gasteiger partial charge on any atom is 0.330 e. The maximum absolute atomic E-state index is 11.9. The summed E-state index contributed by atoms with van der Waals surface area (Å²) in [6.07, 6.45) is 3.27. The zero-order chi connectivity index (χ0) is 18.0. The van der Waals surface area contributed by atoms with Gasteiger partial charge in [-0.05, 0) is 35.7 Å². The van der Waals surface area contributed by atoms with E-state index >= 15 is 0 Å². The summed E-state index contributed by atoms with van der Waals surface area (Å²) >= 11 is 0. The monoisotopic (exact) mass is 348 g/mol. The predicted octanol–water partition coefficient (Wildman–Crippen LogP) is 5.65. The Hall–Kier alpha value is -1.39. The third kappa shape index (κ3) is 5.60. The van der Waals surface area contributed by atoms with E-state index in [4.69, 9.17) is 9.16 Å². The van der Waals surface area contributed by atoms with Crippen molar-refractivity contribution in [1.29, 1.82) is 0 Å². The lowest BCUT2D eigenvalue weighted by molar-refractivity contribution is -0.135. The highest BCUT2D eigenvalue weighted by Crippen LogP contribution is 2.36. The van der Waals surface area contributed by atoms with Gasteiger partial charge in [-0.15, -0.1) is 0 Å². The minimum absolute atomic E-state index is 0.156. The molecule has 1 atom stereocenters. The van der Waals surface area contributed by atoms with Gasteiger partial charge < -0.3 is 9.16 Å². The number of carbonyl (C=O) groups is 1. The molecule has 1 unspecified atom stereocenters. The number of benzene rings is 1. The molecule has 1 aromatic carbocycles. The molecular formula is C20H32O3Si. The molecule has 0 saturated heterocycles. The zero-order valence-corrected chi connectivity index (χ0v) is 16.8. The number of esters is 1. The molecule has 0 saturated carbocycles. The van der Waals surface area contributed by atoms with E-state index < -0.39 is 8.32 Å². The van der Waals surface area contributed by atoms with Gasteiger partial charge in [-0.1, -0.05) is 64.4 Å². The highest BCUT2D eigenvalue weighted by atomic mass is 28.4. The molecule has 0 spiro atoms. The van der Waals surface area contributed by atoms with Crippen molar-refractivity contribution < 1.29 is 14.0 Å². The molecule has 3 nitrogen and oxygen atoms in total. The van der Waals surface area contributed by atoms with Crippen molar-refractivity contribution in [3.63, 3.8) is 0 Å². The Labute approximate surface area is 148 Å². The van der Waals surface area contributed by atoms with Gasteiger partial charge in [0, 0.05) is 6.08 Å². The Morgan fingerprint density at radius 2 is 1.67 bits per heavy atom. The molecule has 0 aliphatic heterocycles. The molecule has 1 aromatic rings. The average Bonchev–Trinajstić information content (AvgIpc) is 2.64. The summed E-state index contributed by atoms with van der Waals surface area (Å²) in [7, 11) is -0.389. The lowest BCUT2D eigenvalue weighted by Crippen LogP contribution is -2.37. The van der Waals surface area contributed by atoms with Crippen LogP contribution in [0.15, 0.2) is 42.0 Å². The maximum atomic E-state index is 11.9. The second kappa shape index (κ2) is 10.5. The average molecular weight is 349 g/mol. The van der Waals surface area contributed by atoms with Crippen LogP contribution in [0.25, 0.3) is 0 Å². The predicted molar refractivity (Wildman–Crippen MR) is 102 cm³/mol. The molecule has 134 valence electrons. The van der Waals surface area contributed by atoms with Crippen LogP contribution in [0, 0.1) is 0 Å². The number of ether oxygens (including phenoxy) is 1. The summed E-state index contributed by atoms with van der Waals surface area (Å²) in [6.45, 7) is 8.80. The van der Waals surface area contributed by atoms with E-state index in [0.29, 0.717) is 0 Å². The Morgan fingerprint density at radius 1 is 1.08 bits per heavy atom. The van der Waals surface area contributed by atoms with Gasteiger partial charge in [-0.2, -0.15) is 0 Å². The second-order valence-electron chi connectivity index (χ2n) is 6.14. The van der Waals surface area contributed by atoms with Crippen LogP contribution < -0.4 is 0 Å². The minimum atomic E-state index is -1.81. The molecule has 0 aromatic heterocycles. The fourth-order valence-corrected chi connectivity index (χ4v) is 5.80. The third-order valence-corrected chi connectivity index (χ3v) is 9.38. The van der Waals surface area contributed by atoms with E-state index in [1.807, 2.05) is 18.2 Å². The molecule has 0 radical (unpaired) electrons. The van der Waals surface area contributed by atoms with E-state index in [2.05, 4.69) is 39.8 Å². The van der Waals surface area contributed by atoms with E-state index in [0.717, 1.165) is 42.1 Å². The van der Waals surface area contributed by atoms with Crippen molar-refractivity contribution in [2.45, 2.75) is 64.8 Å². The van der Waals surface area contributed by atoms with Crippen molar-refractivity contribution >= 4 is 14.3 Å². The first-order valence-corrected chi connectivity index (χ1v) is 11.6. The lowest BCUT2D eigenvalue weighted by Gasteiger charge is -2.35. The molecule has 0 bridgehead atoms. The molecule has 0 N–H and O–H groups in total. The lowest BCUT2D eigenvalue weighted by atomic mass is 9.98. The fourth-order valence-electron chi connectivity index (χ4n) is 3.01. The normalized spacial score (nSPS) is 13.6. The number of methoxy groups -OCH3 is 1. The van der Waals surface area contributed by atoms with Crippen molar-refractivity contribution in [2.75, 3.05) is 7.11 Å². The number of carbonyl (C=O) groups excluding carboxylic acids is 1. The molecule has 24 heavy (non-hydrogen) atoms. The van der Waals surface area contributed by atoms with Crippen molar-refractivity contribution in [3.05, 3.63) is 47.5 Å². The molecule has 0 fully saturated rings. The summed E-state index contributed by atoms with van der Waals surface area (Å²) in [5.41, 5.74) is 2.14. The Bertz CT molecular complexity index is 513. The topological polar surface area (TPSA) is 35.5 Å². The molecule has 0 aliphatic rings. The molecule has 0 aliphatic carbocycles. The third-order valence-electron chi connectivity index (χ3n) is 4.78. The standard InChI is InChI=1S/C20H32O3Si/c1-6-13-18(16-19(21)22-5)20(17-14-11-10-12-15-17)23-24(7-2,8-3)9-4/h10-12,14-16,20H,6-9,13H2,1-5H3/b18-16+. The quantitative estimate of drug-likeness (QED) is 0.311. The summed E-state index contributed by atoms with van der Waals surface area (Å²) in [6, 6.07) is 13.5. The highest BCUT2D eigenvalue weighted by Gasteiger charge is 2.34. The van der Waals surface area contributed by atoms with Crippen molar-refractivity contribution in [2.24, 2.45) is 0 Å². The smallest absolute Gasteiger partial charge is 0.330 e. The molecule has 1 rings (SSSR count). The first-order chi connectivity index (χ1) is 11.6. The van der Waals surface area contributed by atoms with Crippen molar-refractivity contribution in [1.82, 2.24) is 0 Å². The molecule has 0 amide bonds.